The number of hydrogen-bond acceptors (Lipinski definition) is 4. The molecule has 0 unspecified atom stereocenters. The van der Waals surface area contributed by atoms with Crippen LogP contribution in [0.5, 0.6) is 17.2 Å². The largest absolute Gasteiger partial charge is 0.504 e. The second-order valence-electron chi connectivity index (χ2n) is 5.16. The molecular formula is C20H16O4. The number of benzene rings is 3. The number of aromatic hydroxyl groups is 1. The average molecular weight is 320 g/mol. The summed E-state index contributed by atoms with van der Waals surface area (Å²) in [5.41, 5.74) is 0.722. The van der Waals surface area contributed by atoms with E-state index in [-0.39, 0.29) is 5.75 Å². The lowest BCUT2D eigenvalue weighted by Crippen LogP contribution is -2.03. The second-order valence-corrected chi connectivity index (χ2v) is 5.16. The Hall–Kier alpha value is -3.27. The Kier molecular flexibility index (Phi) is 4.47. The normalized spacial score (nSPS) is 10.9. The lowest BCUT2D eigenvalue weighted by Gasteiger charge is -2.06. The fraction of sp³-hybridized carbons (Fsp3) is 0.0500. The van der Waals surface area contributed by atoms with E-state index in [4.69, 9.17) is 9.47 Å². The number of carbonyl (C=O) groups excluding carboxylic acids is 1. The third kappa shape index (κ3) is 3.38. The van der Waals surface area contributed by atoms with E-state index in [1.54, 1.807) is 24.3 Å². The Morgan fingerprint density at radius 2 is 1.79 bits per heavy atom. The molecule has 0 spiro atoms. The average Bonchev–Trinajstić information content (AvgIpc) is 2.61. The van der Waals surface area contributed by atoms with E-state index in [9.17, 15) is 9.90 Å². The molecule has 0 amide bonds. The smallest absolute Gasteiger partial charge is 0.336 e. The summed E-state index contributed by atoms with van der Waals surface area (Å²) in [7, 11) is 1.47. The highest BCUT2D eigenvalue weighted by molar-refractivity contribution is 5.94. The summed E-state index contributed by atoms with van der Waals surface area (Å²) in [5.74, 6) is 0.442. The van der Waals surface area contributed by atoms with Gasteiger partial charge in [0.15, 0.2) is 11.5 Å². The number of esters is 1. The van der Waals surface area contributed by atoms with Crippen LogP contribution in [-0.4, -0.2) is 18.2 Å². The molecule has 0 atom stereocenters. The number of phenols is 1. The number of fused-ring (bicyclic) bond motifs is 1. The van der Waals surface area contributed by atoms with E-state index in [0.29, 0.717) is 11.5 Å². The molecule has 0 aliphatic heterocycles. The van der Waals surface area contributed by atoms with Gasteiger partial charge in [0.1, 0.15) is 5.75 Å². The zero-order valence-corrected chi connectivity index (χ0v) is 13.1. The summed E-state index contributed by atoms with van der Waals surface area (Å²) in [6.45, 7) is 0. The van der Waals surface area contributed by atoms with Crippen molar-refractivity contribution in [1.82, 2.24) is 0 Å². The Morgan fingerprint density at radius 3 is 2.62 bits per heavy atom. The molecule has 0 fully saturated rings. The predicted octanol–water partition coefficient (Wildman–Crippen LogP) is 4.17. The molecule has 0 saturated carbocycles. The van der Waals surface area contributed by atoms with Crippen molar-refractivity contribution in [2.75, 3.05) is 7.11 Å². The first kappa shape index (κ1) is 15.6. The highest BCUT2D eigenvalue weighted by Crippen LogP contribution is 2.27. The minimum absolute atomic E-state index is 0.0491. The zero-order chi connectivity index (χ0) is 16.9. The molecule has 0 radical (unpaired) electrons. The van der Waals surface area contributed by atoms with Gasteiger partial charge in [-0.15, -0.1) is 0 Å². The molecule has 0 bridgehead atoms. The van der Waals surface area contributed by atoms with Gasteiger partial charge in [-0.1, -0.05) is 42.5 Å². The molecule has 0 aromatic heterocycles. The first-order valence-corrected chi connectivity index (χ1v) is 7.42. The zero-order valence-electron chi connectivity index (χ0n) is 13.1. The standard InChI is InChI=1S/C20H16O4/c1-23-19-13-14(9-11-17(19)21)10-12-20(22)24-18-8-4-6-15-5-2-3-7-16(15)18/h2-13,21H,1H3/b12-10+. The van der Waals surface area contributed by atoms with Gasteiger partial charge in [-0.05, 0) is 35.2 Å². The quantitative estimate of drug-likeness (QED) is 0.445. The van der Waals surface area contributed by atoms with E-state index in [1.165, 1.54) is 19.3 Å². The molecule has 120 valence electrons. The van der Waals surface area contributed by atoms with Gasteiger partial charge < -0.3 is 14.6 Å². The van der Waals surface area contributed by atoms with Gasteiger partial charge in [-0.25, -0.2) is 4.79 Å². The summed E-state index contributed by atoms with van der Waals surface area (Å²) >= 11 is 0. The van der Waals surface area contributed by atoms with Gasteiger partial charge in [-0.2, -0.15) is 0 Å². The fourth-order valence-corrected chi connectivity index (χ4v) is 2.39. The molecule has 4 nitrogen and oxygen atoms in total. The molecule has 0 saturated heterocycles. The number of carbonyl (C=O) groups is 1. The van der Waals surface area contributed by atoms with Crippen molar-refractivity contribution in [2.24, 2.45) is 0 Å². The Morgan fingerprint density at radius 1 is 1.00 bits per heavy atom. The first-order valence-electron chi connectivity index (χ1n) is 7.42. The van der Waals surface area contributed by atoms with Crippen LogP contribution in [0, 0.1) is 0 Å². The topological polar surface area (TPSA) is 55.8 Å². The molecule has 1 N–H and O–H groups in total. The van der Waals surface area contributed by atoms with Crippen LogP contribution in [0.25, 0.3) is 16.8 Å². The summed E-state index contributed by atoms with van der Waals surface area (Å²) in [4.78, 5) is 12.1. The number of methoxy groups -OCH3 is 1. The summed E-state index contributed by atoms with van der Waals surface area (Å²) in [5, 5.41) is 11.5. The number of rotatable bonds is 4. The van der Waals surface area contributed by atoms with Gasteiger partial charge in [-0.3, -0.25) is 0 Å². The van der Waals surface area contributed by atoms with E-state index < -0.39 is 5.97 Å². The van der Waals surface area contributed by atoms with Crippen molar-refractivity contribution in [1.29, 1.82) is 0 Å². The van der Waals surface area contributed by atoms with Gasteiger partial charge in [0.2, 0.25) is 0 Å². The minimum Gasteiger partial charge on any atom is -0.504 e. The van der Waals surface area contributed by atoms with Crippen LogP contribution in [0.4, 0.5) is 0 Å². The number of phenolic OH excluding ortho intramolecular Hbond substituents is 1. The molecular weight excluding hydrogens is 304 g/mol. The molecule has 0 heterocycles. The molecule has 24 heavy (non-hydrogen) atoms. The maximum Gasteiger partial charge on any atom is 0.336 e. The summed E-state index contributed by atoms with van der Waals surface area (Å²) < 4.78 is 10.5. The Balaban J connectivity index is 1.78. The van der Waals surface area contributed by atoms with Crippen molar-refractivity contribution in [3.63, 3.8) is 0 Å². The van der Waals surface area contributed by atoms with Crippen LogP contribution < -0.4 is 9.47 Å². The van der Waals surface area contributed by atoms with Gasteiger partial charge >= 0.3 is 5.97 Å². The fourth-order valence-electron chi connectivity index (χ4n) is 2.39. The van der Waals surface area contributed by atoms with Crippen LogP contribution in [0.15, 0.2) is 66.7 Å². The molecule has 3 rings (SSSR count). The monoisotopic (exact) mass is 320 g/mol. The van der Waals surface area contributed by atoms with Crippen LogP contribution >= 0.6 is 0 Å². The second kappa shape index (κ2) is 6.87. The summed E-state index contributed by atoms with van der Waals surface area (Å²) in [6.07, 6.45) is 2.95. The van der Waals surface area contributed by atoms with Crippen LogP contribution in [0.2, 0.25) is 0 Å². The highest BCUT2D eigenvalue weighted by atomic mass is 16.5. The van der Waals surface area contributed by atoms with Crippen molar-refractivity contribution < 1.29 is 19.4 Å². The third-order valence-corrected chi connectivity index (χ3v) is 3.58. The third-order valence-electron chi connectivity index (χ3n) is 3.58. The maximum absolute atomic E-state index is 12.1. The number of ether oxygens (including phenoxy) is 2. The van der Waals surface area contributed by atoms with E-state index in [1.807, 2.05) is 36.4 Å². The maximum atomic E-state index is 12.1. The lowest BCUT2D eigenvalue weighted by atomic mass is 10.1. The molecule has 0 aliphatic rings. The Bertz CT molecular complexity index is 907. The Labute approximate surface area is 139 Å². The molecule has 3 aromatic carbocycles. The van der Waals surface area contributed by atoms with Crippen molar-refractivity contribution in [3.8, 4) is 17.2 Å². The van der Waals surface area contributed by atoms with E-state index >= 15 is 0 Å². The van der Waals surface area contributed by atoms with Crippen LogP contribution in [0.3, 0.4) is 0 Å². The van der Waals surface area contributed by atoms with Crippen LogP contribution in [0.1, 0.15) is 5.56 Å². The van der Waals surface area contributed by atoms with Gasteiger partial charge in [0.05, 0.1) is 7.11 Å². The van der Waals surface area contributed by atoms with Crippen molar-refractivity contribution in [3.05, 3.63) is 72.3 Å². The molecule has 4 heteroatoms. The first-order chi connectivity index (χ1) is 11.7. The minimum atomic E-state index is -0.474. The highest BCUT2D eigenvalue weighted by Gasteiger charge is 2.06. The lowest BCUT2D eigenvalue weighted by molar-refractivity contribution is -0.128. The molecule has 0 aliphatic carbocycles. The van der Waals surface area contributed by atoms with E-state index in [2.05, 4.69) is 0 Å². The predicted molar refractivity (Wildman–Crippen MR) is 93.3 cm³/mol. The van der Waals surface area contributed by atoms with Gasteiger partial charge in [0, 0.05) is 11.5 Å². The van der Waals surface area contributed by atoms with Gasteiger partial charge in [0.25, 0.3) is 0 Å². The summed E-state index contributed by atoms with van der Waals surface area (Å²) in [6, 6.07) is 18.1. The number of hydrogen-bond donors (Lipinski definition) is 1. The van der Waals surface area contributed by atoms with Crippen molar-refractivity contribution in [2.45, 2.75) is 0 Å². The SMILES string of the molecule is COc1cc(/C=C/C(=O)Oc2cccc3ccccc23)ccc1O. The molecule has 3 aromatic rings. The van der Waals surface area contributed by atoms with Crippen LogP contribution in [-0.2, 0) is 4.79 Å². The van der Waals surface area contributed by atoms with Crippen molar-refractivity contribution >= 4 is 22.8 Å². The van der Waals surface area contributed by atoms with E-state index in [0.717, 1.165) is 16.3 Å².